The summed E-state index contributed by atoms with van der Waals surface area (Å²) >= 11 is 0. The molecule has 2 aliphatic heterocycles. The first-order valence-corrected chi connectivity index (χ1v) is 13.4. The van der Waals surface area contributed by atoms with Gasteiger partial charge in [-0.05, 0) is 49.8 Å². The number of aliphatic hydroxyl groups is 1. The lowest BCUT2D eigenvalue weighted by Gasteiger charge is -2.35. The van der Waals surface area contributed by atoms with Gasteiger partial charge in [0.25, 0.3) is 5.91 Å². The first-order chi connectivity index (χ1) is 17.5. The highest BCUT2D eigenvalue weighted by Gasteiger charge is 2.57. The average molecular weight is 539 g/mol. The predicted molar refractivity (Wildman–Crippen MR) is 130 cm³/mol. The Morgan fingerprint density at radius 1 is 1.41 bits per heavy atom. The van der Waals surface area contributed by atoms with Crippen LogP contribution >= 0.6 is 7.75 Å². The zero-order chi connectivity index (χ0) is 26.8. The van der Waals surface area contributed by atoms with Crippen molar-refractivity contribution >= 4 is 19.6 Å². The molecule has 1 unspecified atom stereocenters. The Morgan fingerprint density at radius 3 is 2.89 bits per heavy atom. The molecule has 0 bridgehead atoms. The molecule has 37 heavy (non-hydrogen) atoms. The van der Waals surface area contributed by atoms with Crippen LogP contribution in [0.1, 0.15) is 30.9 Å². The molecule has 0 aromatic heterocycles. The summed E-state index contributed by atoms with van der Waals surface area (Å²) in [7, 11) is -3.03. The van der Waals surface area contributed by atoms with E-state index in [4.69, 9.17) is 13.8 Å². The van der Waals surface area contributed by atoms with Crippen molar-refractivity contribution in [3.8, 4) is 5.75 Å². The van der Waals surface area contributed by atoms with E-state index in [0.717, 1.165) is 43.7 Å². The predicted octanol–water partition coefficient (Wildman–Crippen LogP) is 2.06. The Kier molecular flexibility index (Phi) is 8.05. The van der Waals surface area contributed by atoms with Gasteiger partial charge in [0.2, 0.25) is 0 Å². The summed E-state index contributed by atoms with van der Waals surface area (Å²) < 4.78 is 51.0. The molecule has 0 radical (unpaired) electrons. The summed E-state index contributed by atoms with van der Waals surface area (Å²) in [5.41, 5.74) is -0.328. The Bertz CT molecular complexity index is 1140. The second-order valence-electron chi connectivity index (χ2n) is 9.18. The van der Waals surface area contributed by atoms with E-state index in [1.807, 2.05) is 6.07 Å². The molecule has 0 saturated carbocycles. The Balaban J connectivity index is 1.51. The van der Waals surface area contributed by atoms with Gasteiger partial charge < -0.3 is 29.3 Å². The number of methoxy groups -OCH3 is 1. The molecule has 4 rings (SSSR count). The quantitative estimate of drug-likeness (QED) is 0.316. The molecule has 3 N–H and O–H groups in total. The van der Waals surface area contributed by atoms with Crippen molar-refractivity contribution in [3.63, 3.8) is 0 Å². The maximum Gasteiger partial charge on any atom is 0.459 e. The number of hydrogen-bond acceptors (Lipinski definition) is 9. The Labute approximate surface area is 214 Å². The van der Waals surface area contributed by atoms with Gasteiger partial charge in [-0.1, -0.05) is 18.7 Å². The second kappa shape index (κ2) is 10.9. The summed E-state index contributed by atoms with van der Waals surface area (Å²) in [6.07, 6.45) is 1.74. The summed E-state index contributed by atoms with van der Waals surface area (Å²) in [5.74, 6) is -0.714. The SMILES string of the molecule is C=C1NC(=O)C=CN1[C@@H]1O[C@H](COP(=O)(NCC(=O)OC)Oc2cccc3c2CCCC3)[C@@H](O)[C@@]1(C)F. The van der Waals surface area contributed by atoms with Crippen LogP contribution in [0.25, 0.3) is 0 Å². The van der Waals surface area contributed by atoms with Gasteiger partial charge in [0, 0.05) is 12.3 Å². The van der Waals surface area contributed by atoms with Gasteiger partial charge in [-0.2, -0.15) is 0 Å². The number of carbonyl (C=O) groups excluding carboxylic acids is 2. The molecule has 2 heterocycles. The van der Waals surface area contributed by atoms with Crippen molar-refractivity contribution < 1.29 is 42.2 Å². The zero-order valence-electron chi connectivity index (χ0n) is 20.6. The van der Waals surface area contributed by atoms with Gasteiger partial charge in [0.1, 0.15) is 30.3 Å². The number of nitrogens with zero attached hydrogens (tertiary/aromatic N) is 1. The number of amides is 1. The van der Waals surface area contributed by atoms with Crippen LogP contribution in [0.4, 0.5) is 4.39 Å². The minimum atomic E-state index is -4.21. The number of esters is 1. The molecule has 202 valence electrons. The number of halogens is 1. The first kappa shape index (κ1) is 27.3. The highest BCUT2D eigenvalue weighted by Crippen LogP contribution is 2.48. The standard InChI is InChI=1S/C24H31FN3O8P/c1-15-27-20(29)11-12-28(15)23-24(2,25)22(31)19(35-23)14-34-37(32,26-13-21(30)33-3)36-18-10-6-8-16-7-4-5-9-17(16)18/h6,8,10-12,19,22-23,31H,1,4-5,7,9,13-14H2,2-3H3,(H,26,32)(H,27,29)/t19-,22-,23-,24-,37?/m1/s1. The lowest BCUT2D eigenvalue weighted by molar-refractivity contribution is -0.139. The van der Waals surface area contributed by atoms with E-state index < -0.39 is 56.9 Å². The molecule has 1 amide bonds. The molecule has 3 aliphatic rings. The fourth-order valence-electron chi connectivity index (χ4n) is 4.53. The van der Waals surface area contributed by atoms with Gasteiger partial charge >= 0.3 is 13.7 Å². The van der Waals surface area contributed by atoms with Crippen molar-refractivity contribution in [3.05, 3.63) is 54.0 Å². The minimum absolute atomic E-state index is 0.0674. The molecule has 5 atom stereocenters. The third-order valence-electron chi connectivity index (χ3n) is 6.56. The Morgan fingerprint density at radius 2 is 2.16 bits per heavy atom. The van der Waals surface area contributed by atoms with Gasteiger partial charge in [0.15, 0.2) is 11.9 Å². The minimum Gasteiger partial charge on any atom is -0.468 e. The molecule has 1 fully saturated rings. The molecular formula is C24H31FN3O8P. The van der Waals surface area contributed by atoms with Gasteiger partial charge in [-0.15, -0.1) is 0 Å². The third-order valence-corrected chi connectivity index (χ3v) is 8.03. The molecule has 0 spiro atoms. The summed E-state index contributed by atoms with van der Waals surface area (Å²) in [6.45, 7) is 3.82. The van der Waals surface area contributed by atoms with Crippen molar-refractivity contribution in [2.75, 3.05) is 20.3 Å². The molecule has 1 aromatic rings. The summed E-state index contributed by atoms with van der Waals surface area (Å²) in [4.78, 5) is 24.5. The second-order valence-corrected chi connectivity index (χ2v) is 10.9. The molecule has 1 aromatic carbocycles. The number of aliphatic hydroxyl groups excluding tert-OH is 1. The van der Waals surface area contributed by atoms with Crippen molar-refractivity contribution in [2.45, 2.75) is 56.7 Å². The van der Waals surface area contributed by atoms with E-state index in [0.29, 0.717) is 5.75 Å². The fraction of sp³-hybridized carbons (Fsp3) is 0.500. The van der Waals surface area contributed by atoms with Crippen molar-refractivity contribution in [1.82, 2.24) is 15.3 Å². The van der Waals surface area contributed by atoms with Crippen LogP contribution in [0.15, 0.2) is 42.9 Å². The molecular weight excluding hydrogens is 508 g/mol. The number of benzene rings is 1. The molecule has 1 aliphatic carbocycles. The fourth-order valence-corrected chi connectivity index (χ4v) is 5.83. The highest BCUT2D eigenvalue weighted by atomic mass is 31.2. The number of hydrogen-bond donors (Lipinski definition) is 3. The van der Waals surface area contributed by atoms with E-state index >= 15 is 4.39 Å². The number of fused-ring (bicyclic) bond motifs is 1. The first-order valence-electron chi connectivity index (χ1n) is 11.9. The van der Waals surface area contributed by atoms with Crippen LogP contribution in [-0.4, -0.2) is 66.2 Å². The zero-order valence-corrected chi connectivity index (χ0v) is 21.5. The number of carbonyl (C=O) groups is 2. The largest absolute Gasteiger partial charge is 0.468 e. The highest BCUT2D eigenvalue weighted by molar-refractivity contribution is 7.52. The monoisotopic (exact) mass is 539 g/mol. The number of alkyl halides is 1. The lowest BCUT2D eigenvalue weighted by Crippen LogP contribution is -2.51. The van der Waals surface area contributed by atoms with Gasteiger partial charge in [0.05, 0.1) is 13.7 Å². The van der Waals surface area contributed by atoms with Gasteiger partial charge in [-0.25, -0.2) is 14.0 Å². The Hall–Kier alpha value is -2.76. The summed E-state index contributed by atoms with van der Waals surface area (Å²) in [5, 5.41) is 15.6. The van der Waals surface area contributed by atoms with E-state index in [-0.39, 0.29) is 5.82 Å². The maximum absolute atomic E-state index is 15.6. The third kappa shape index (κ3) is 5.89. The van der Waals surface area contributed by atoms with Crippen LogP contribution in [0.3, 0.4) is 0 Å². The number of aryl methyl sites for hydroxylation is 1. The number of ether oxygens (including phenoxy) is 2. The number of rotatable bonds is 9. The van der Waals surface area contributed by atoms with Crippen LogP contribution in [0.5, 0.6) is 5.75 Å². The molecule has 13 heteroatoms. The van der Waals surface area contributed by atoms with Crippen molar-refractivity contribution in [2.24, 2.45) is 0 Å². The van der Waals surface area contributed by atoms with Gasteiger partial charge in [-0.3, -0.25) is 14.1 Å². The van der Waals surface area contributed by atoms with Crippen LogP contribution in [0, 0.1) is 0 Å². The van der Waals surface area contributed by atoms with E-state index in [9.17, 15) is 19.3 Å². The lowest BCUT2D eigenvalue weighted by atomic mass is 9.91. The van der Waals surface area contributed by atoms with E-state index in [1.165, 1.54) is 24.3 Å². The normalized spacial score (nSPS) is 28.9. The smallest absolute Gasteiger partial charge is 0.459 e. The van der Waals surface area contributed by atoms with Crippen molar-refractivity contribution in [1.29, 1.82) is 0 Å². The molecule has 1 saturated heterocycles. The number of nitrogens with one attached hydrogen (secondary N) is 2. The van der Waals surface area contributed by atoms with Crippen LogP contribution in [0.2, 0.25) is 0 Å². The van der Waals surface area contributed by atoms with Crippen LogP contribution in [-0.2, 0) is 41.0 Å². The average Bonchev–Trinajstić information content (AvgIpc) is 3.10. The summed E-state index contributed by atoms with van der Waals surface area (Å²) in [6, 6.07) is 5.42. The van der Waals surface area contributed by atoms with Crippen LogP contribution < -0.4 is 14.9 Å². The van der Waals surface area contributed by atoms with E-state index in [1.54, 1.807) is 12.1 Å². The topological polar surface area (TPSA) is 136 Å². The molecule has 11 nitrogen and oxygen atoms in total. The maximum atomic E-state index is 15.6. The van der Waals surface area contributed by atoms with E-state index in [2.05, 4.69) is 21.7 Å².